The molecule has 2 amide bonds. The number of carbonyl (C=O) groups is 2. The predicted octanol–water partition coefficient (Wildman–Crippen LogP) is 4.78. The normalized spacial score (nSPS) is 13.2. The predicted molar refractivity (Wildman–Crippen MR) is 122 cm³/mol. The number of nitrogens with zero attached hydrogens (tertiary/aromatic N) is 2. The van der Waals surface area contributed by atoms with Crippen LogP contribution in [0.3, 0.4) is 0 Å². The van der Waals surface area contributed by atoms with E-state index in [1.165, 1.54) is 0 Å². The largest absolute Gasteiger partial charge is 0.369 e. The molecule has 2 aromatic rings. The quantitative estimate of drug-likeness (QED) is 0.712. The van der Waals surface area contributed by atoms with Gasteiger partial charge in [0.2, 0.25) is 11.8 Å². The molecule has 6 heteroatoms. The van der Waals surface area contributed by atoms with Crippen LogP contribution in [0.1, 0.15) is 33.6 Å². The molecule has 1 aliphatic heterocycles. The standard InChI is InChI=1S/C23H29N3O2S/c1-4-25(17(2)3)19-11-9-18(10-12-19)24-22(27)13-14-23(28)26-15-16-29-21-8-6-5-7-20(21)26/h5-12,17H,4,13-16H2,1-3H3,(H,24,27). The van der Waals surface area contributed by atoms with Crippen LogP contribution in [0.25, 0.3) is 0 Å². The maximum atomic E-state index is 12.7. The fourth-order valence-electron chi connectivity index (χ4n) is 3.59. The Morgan fingerprint density at radius 2 is 1.83 bits per heavy atom. The summed E-state index contributed by atoms with van der Waals surface area (Å²) in [6, 6.07) is 16.2. The molecule has 0 saturated heterocycles. The molecule has 2 aromatic carbocycles. The fourth-order valence-corrected chi connectivity index (χ4v) is 4.58. The van der Waals surface area contributed by atoms with E-state index < -0.39 is 0 Å². The first kappa shape index (κ1) is 21.2. The number of carbonyl (C=O) groups excluding carboxylic acids is 2. The van der Waals surface area contributed by atoms with Crippen LogP contribution in [-0.4, -0.2) is 36.7 Å². The van der Waals surface area contributed by atoms with Gasteiger partial charge in [-0.05, 0) is 57.2 Å². The molecule has 0 radical (unpaired) electrons. The van der Waals surface area contributed by atoms with Gasteiger partial charge in [-0.1, -0.05) is 12.1 Å². The summed E-state index contributed by atoms with van der Waals surface area (Å²) in [6.45, 7) is 8.08. The van der Waals surface area contributed by atoms with Gasteiger partial charge in [0.05, 0.1) is 5.69 Å². The van der Waals surface area contributed by atoms with E-state index in [0.29, 0.717) is 12.6 Å². The number of hydrogen-bond donors (Lipinski definition) is 1. The lowest BCUT2D eigenvalue weighted by atomic mass is 10.2. The number of thioether (sulfide) groups is 1. The molecule has 0 aromatic heterocycles. The Kier molecular flexibility index (Phi) is 7.20. The van der Waals surface area contributed by atoms with Crippen molar-refractivity contribution >= 4 is 40.6 Å². The highest BCUT2D eigenvalue weighted by atomic mass is 32.2. The van der Waals surface area contributed by atoms with Gasteiger partial charge in [-0.3, -0.25) is 9.59 Å². The summed E-state index contributed by atoms with van der Waals surface area (Å²) < 4.78 is 0. The van der Waals surface area contributed by atoms with Crippen molar-refractivity contribution in [1.82, 2.24) is 0 Å². The molecule has 29 heavy (non-hydrogen) atoms. The Morgan fingerprint density at radius 3 is 2.52 bits per heavy atom. The van der Waals surface area contributed by atoms with Crippen LogP contribution in [0.5, 0.6) is 0 Å². The zero-order valence-electron chi connectivity index (χ0n) is 17.4. The number of hydrogen-bond acceptors (Lipinski definition) is 4. The van der Waals surface area contributed by atoms with Crippen LogP contribution in [0.4, 0.5) is 17.1 Å². The summed E-state index contributed by atoms with van der Waals surface area (Å²) in [7, 11) is 0. The average Bonchev–Trinajstić information content (AvgIpc) is 2.73. The molecule has 3 rings (SSSR count). The zero-order chi connectivity index (χ0) is 20.8. The van der Waals surface area contributed by atoms with Gasteiger partial charge in [0.15, 0.2) is 0 Å². The molecule has 0 atom stereocenters. The van der Waals surface area contributed by atoms with Crippen molar-refractivity contribution in [1.29, 1.82) is 0 Å². The second kappa shape index (κ2) is 9.83. The summed E-state index contributed by atoms with van der Waals surface area (Å²) in [5.74, 6) is 0.743. The third-order valence-corrected chi connectivity index (χ3v) is 6.09. The van der Waals surface area contributed by atoms with E-state index in [-0.39, 0.29) is 24.7 Å². The van der Waals surface area contributed by atoms with Crippen molar-refractivity contribution in [2.75, 3.05) is 34.0 Å². The molecule has 5 nitrogen and oxygen atoms in total. The minimum atomic E-state index is -0.137. The Bertz CT molecular complexity index is 851. The van der Waals surface area contributed by atoms with Crippen LogP contribution in [0.15, 0.2) is 53.4 Å². The van der Waals surface area contributed by atoms with Gasteiger partial charge in [0.1, 0.15) is 0 Å². The van der Waals surface area contributed by atoms with E-state index in [1.807, 2.05) is 48.5 Å². The lowest BCUT2D eigenvalue weighted by Gasteiger charge is -2.29. The topological polar surface area (TPSA) is 52.7 Å². The highest BCUT2D eigenvalue weighted by Crippen LogP contribution is 2.34. The number of nitrogens with one attached hydrogen (secondary N) is 1. The van der Waals surface area contributed by atoms with Crippen LogP contribution < -0.4 is 15.1 Å². The van der Waals surface area contributed by atoms with Crippen LogP contribution in [0, 0.1) is 0 Å². The smallest absolute Gasteiger partial charge is 0.227 e. The second-order valence-electron chi connectivity index (χ2n) is 7.34. The number of fused-ring (bicyclic) bond motifs is 1. The molecule has 1 heterocycles. The van der Waals surface area contributed by atoms with Crippen molar-refractivity contribution < 1.29 is 9.59 Å². The van der Waals surface area contributed by atoms with Crippen molar-refractivity contribution in [3.8, 4) is 0 Å². The summed E-state index contributed by atoms with van der Waals surface area (Å²) >= 11 is 1.77. The van der Waals surface area contributed by atoms with E-state index in [1.54, 1.807) is 16.7 Å². The van der Waals surface area contributed by atoms with Crippen molar-refractivity contribution in [2.45, 2.75) is 44.6 Å². The van der Waals surface area contributed by atoms with E-state index in [9.17, 15) is 9.59 Å². The molecular formula is C23H29N3O2S. The van der Waals surface area contributed by atoms with Gasteiger partial charge in [-0.15, -0.1) is 11.8 Å². The highest BCUT2D eigenvalue weighted by Gasteiger charge is 2.22. The number of anilines is 3. The van der Waals surface area contributed by atoms with Gasteiger partial charge >= 0.3 is 0 Å². The Labute approximate surface area is 177 Å². The highest BCUT2D eigenvalue weighted by molar-refractivity contribution is 7.99. The average molecular weight is 412 g/mol. The minimum Gasteiger partial charge on any atom is -0.369 e. The maximum Gasteiger partial charge on any atom is 0.227 e. The van der Waals surface area contributed by atoms with Crippen molar-refractivity contribution in [3.63, 3.8) is 0 Å². The molecule has 1 N–H and O–H groups in total. The third kappa shape index (κ3) is 5.32. The fraction of sp³-hybridized carbons (Fsp3) is 0.391. The Balaban J connectivity index is 1.53. The Morgan fingerprint density at radius 1 is 1.10 bits per heavy atom. The van der Waals surface area contributed by atoms with E-state index >= 15 is 0 Å². The number of para-hydroxylation sites is 1. The molecular weight excluding hydrogens is 382 g/mol. The number of amides is 2. The molecule has 0 unspecified atom stereocenters. The molecule has 0 saturated carbocycles. The van der Waals surface area contributed by atoms with Gasteiger partial charge < -0.3 is 15.1 Å². The van der Waals surface area contributed by atoms with E-state index in [2.05, 4.69) is 31.0 Å². The molecule has 154 valence electrons. The van der Waals surface area contributed by atoms with Gasteiger partial charge in [-0.25, -0.2) is 0 Å². The van der Waals surface area contributed by atoms with Crippen molar-refractivity contribution in [3.05, 3.63) is 48.5 Å². The van der Waals surface area contributed by atoms with Crippen LogP contribution in [0.2, 0.25) is 0 Å². The molecule has 0 aliphatic carbocycles. The monoisotopic (exact) mass is 411 g/mol. The van der Waals surface area contributed by atoms with Gasteiger partial charge in [-0.2, -0.15) is 0 Å². The third-order valence-electron chi connectivity index (χ3n) is 5.04. The lowest BCUT2D eigenvalue weighted by molar-refractivity contribution is -0.122. The van der Waals surface area contributed by atoms with Gasteiger partial charge in [0, 0.05) is 54.0 Å². The molecule has 1 aliphatic rings. The van der Waals surface area contributed by atoms with Crippen LogP contribution in [-0.2, 0) is 9.59 Å². The zero-order valence-corrected chi connectivity index (χ0v) is 18.2. The summed E-state index contributed by atoms with van der Waals surface area (Å²) in [6.07, 6.45) is 0.388. The first-order valence-electron chi connectivity index (χ1n) is 10.2. The summed E-state index contributed by atoms with van der Waals surface area (Å²) in [5.41, 5.74) is 2.85. The van der Waals surface area contributed by atoms with Gasteiger partial charge in [0.25, 0.3) is 0 Å². The van der Waals surface area contributed by atoms with Crippen LogP contribution >= 0.6 is 11.8 Å². The summed E-state index contributed by atoms with van der Waals surface area (Å²) in [4.78, 5) is 30.2. The van der Waals surface area contributed by atoms with Crippen molar-refractivity contribution in [2.24, 2.45) is 0 Å². The second-order valence-corrected chi connectivity index (χ2v) is 8.47. The maximum absolute atomic E-state index is 12.7. The Hall–Kier alpha value is -2.47. The summed E-state index contributed by atoms with van der Waals surface area (Å²) in [5, 5.41) is 2.90. The SMILES string of the molecule is CCN(c1ccc(NC(=O)CCC(=O)N2CCSc3ccccc32)cc1)C(C)C. The number of benzene rings is 2. The number of rotatable bonds is 7. The molecule has 0 spiro atoms. The minimum absolute atomic E-state index is 0.00114. The molecule has 0 bridgehead atoms. The first-order chi connectivity index (χ1) is 14.0. The van der Waals surface area contributed by atoms with E-state index in [0.717, 1.165) is 34.3 Å². The molecule has 0 fully saturated rings. The lowest BCUT2D eigenvalue weighted by Crippen LogP contribution is -2.35. The first-order valence-corrected chi connectivity index (χ1v) is 11.2. The van der Waals surface area contributed by atoms with E-state index in [4.69, 9.17) is 0 Å².